The highest BCUT2D eigenvalue weighted by molar-refractivity contribution is 5.37. The topological polar surface area (TPSA) is 60.2 Å². The smallest absolute Gasteiger partial charge is 0.385 e. The van der Waals surface area contributed by atoms with Gasteiger partial charge in [0.15, 0.2) is 0 Å². The molecule has 3 N–H and O–H groups in total. The zero-order valence-electron chi connectivity index (χ0n) is 10.00. The van der Waals surface area contributed by atoms with Crippen LogP contribution in [0.4, 0.5) is 19.0 Å². The second kappa shape index (κ2) is 6.55. The predicted octanol–water partition coefficient (Wildman–Crippen LogP) is 1.88. The van der Waals surface area contributed by atoms with Crippen molar-refractivity contribution < 1.29 is 17.9 Å². The molecular formula is C11H16F3N3O. The largest absolute Gasteiger partial charge is 0.417 e. The van der Waals surface area contributed by atoms with E-state index in [-0.39, 0.29) is 6.04 Å². The van der Waals surface area contributed by atoms with Gasteiger partial charge in [-0.2, -0.15) is 13.2 Å². The Morgan fingerprint density at radius 3 is 2.61 bits per heavy atom. The Morgan fingerprint density at radius 1 is 1.44 bits per heavy atom. The second-order valence-electron chi connectivity index (χ2n) is 3.79. The third kappa shape index (κ3) is 4.50. The first-order valence-electron chi connectivity index (χ1n) is 5.46. The summed E-state index contributed by atoms with van der Waals surface area (Å²) in [6.07, 6.45) is -2.91. The number of nitrogens with two attached hydrogens (primary N) is 1. The lowest BCUT2D eigenvalue weighted by molar-refractivity contribution is -0.137. The normalized spacial score (nSPS) is 13.4. The number of anilines is 1. The van der Waals surface area contributed by atoms with E-state index >= 15 is 0 Å². The Morgan fingerprint density at radius 2 is 2.17 bits per heavy atom. The van der Waals surface area contributed by atoms with E-state index in [1.807, 2.05) is 0 Å². The van der Waals surface area contributed by atoms with Gasteiger partial charge in [0, 0.05) is 32.5 Å². The van der Waals surface area contributed by atoms with Gasteiger partial charge >= 0.3 is 6.18 Å². The number of alkyl halides is 3. The van der Waals surface area contributed by atoms with E-state index in [4.69, 9.17) is 10.5 Å². The molecule has 0 spiro atoms. The predicted molar refractivity (Wildman–Crippen MR) is 62.2 cm³/mol. The molecule has 0 radical (unpaired) electrons. The van der Waals surface area contributed by atoms with Gasteiger partial charge in [0.2, 0.25) is 0 Å². The molecule has 1 unspecified atom stereocenters. The van der Waals surface area contributed by atoms with Gasteiger partial charge in [-0.05, 0) is 18.6 Å². The van der Waals surface area contributed by atoms with Crippen LogP contribution in [0.5, 0.6) is 0 Å². The standard InChI is InChI=1S/C11H16F3N3O/c1-18-5-4-9(6-15)17-10-3-2-8(7-16-10)11(12,13)14/h2-3,7,9H,4-6,15H2,1H3,(H,16,17). The highest BCUT2D eigenvalue weighted by atomic mass is 19.4. The van der Waals surface area contributed by atoms with E-state index in [0.717, 1.165) is 12.3 Å². The molecule has 0 saturated heterocycles. The quantitative estimate of drug-likeness (QED) is 0.822. The summed E-state index contributed by atoms with van der Waals surface area (Å²) in [6, 6.07) is 2.20. The van der Waals surface area contributed by atoms with Crippen LogP contribution in [0.1, 0.15) is 12.0 Å². The molecule has 1 aromatic rings. The molecule has 4 nitrogen and oxygen atoms in total. The fraction of sp³-hybridized carbons (Fsp3) is 0.545. The Kier molecular flexibility index (Phi) is 5.36. The third-order valence-electron chi connectivity index (χ3n) is 2.40. The zero-order valence-corrected chi connectivity index (χ0v) is 10.00. The van der Waals surface area contributed by atoms with Gasteiger partial charge < -0.3 is 15.8 Å². The first-order valence-corrected chi connectivity index (χ1v) is 5.46. The lowest BCUT2D eigenvalue weighted by Crippen LogP contribution is -2.30. The van der Waals surface area contributed by atoms with Crippen molar-refractivity contribution in [2.45, 2.75) is 18.6 Å². The average molecular weight is 263 g/mol. The lowest BCUT2D eigenvalue weighted by atomic mass is 10.2. The van der Waals surface area contributed by atoms with E-state index in [0.29, 0.717) is 25.4 Å². The molecule has 1 aromatic heterocycles. The van der Waals surface area contributed by atoms with E-state index in [2.05, 4.69) is 10.3 Å². The molecule has 1 atom stereocenters. The summed E-state index contributed by atoms with van der Waals surface area (Å²) in [7, 11) is 1.57. The number of hydrogen-bond donors (Lipinski definition) is 2. The molecule has 102 valence electrons. The van der Waals surface area contributed by atoms with Crippen LogP contribution in [0.15, 0.2) is 18.3 Å². The second-order valence-corrected chi connectivity index (χ2v) is 3.79. The Hall–Kier alpha value is -1.34. The minimum atomic E-state index is -4.37. The Balaban J connectivity index is 2.62. The molecule has 0 aromatic carbocycles. The number of nitrogens with zero attached hydrogens (tertiary/aromatic N) is 1. The molecule has 0 aliphatic heterocycles. The highest BCUT2D eigenvalue weighted by Gasteiger charge is 2.30. The van der Waals surface area contributed by atoms with Crippen LogP contribution in [0.25, 0.3) is 0 Å². The first-order chi connectivity index (χ1) is 8.47. The molecule has 0 aliphatic rings. The Bertz CT molecular complexity index is 354. The fourth-order valence-electron chi connectivity index (χ4n) is 1.37. The maximum absolute atomic E-state index is 12.3. The van der Waals surface area contributed by atoms with Gasteiger partial charge in [-0.15, -0.1) is 0 Å². The number of aromatic nitrogens is 1. The summed E-state index contributed by atoms with van der Waals surface area (Å²) >= 11 is 0. The summed E-state index contributed by atoms with van der Waals surface area (Å²) < 4.78 is 41.9. The summed E-state index contributed by atoms with van der Waals surface area (Å²) in [6.45, 7) is 0.877. The summed E-state index contributed by atoms with van der Waals surface area (Å²) in [5.74, 6) is 0.370. The van der Waals surface area contributed by atoms with E-state index in [1.54, 1.807) is 7.11 Å². The van der Waals surface area contributed by atoms with Gasteiger partial charge in [0.05, 0.1) is 5.56 Å². The number of rotatable bonds is 6. The van der Waals surface area contributed by atoms with E-state index < -0.39 is 11.7 Å². The van der Waals surface area contributed by atoms with Crippen molar-refractivity contribution in [2.75, 3.05) is 25.6 Å². The van der Waals surface area contributed by atoms with Crippen LogP contribution in [-0.2, 0) is 10.9 Å². The van der Waals surface area contributed by atoms with Crippen molar-refractivity contribution >= 4 is 5.82 Å². The molecule has 1 heterocycles. The Labute approximate surface area is 103 Å². The monoisotopic (exact) mass is 263 g/mol. The molecule has 0 amide bonds. The maximum atomic E-state index is 12.3. The number of nitrogens with one attached hydrogen (secondary N) is 1. The maximum Gasteiger partial charge on any atom is 0.417 e. The van der Waals surface area contributed by atoms with Gasteiger partial charge in [0.25, 0.3) is 0 Å². The van der Waals surface area contributed by atoms with Gasteiger partial charge in [-0.3, -0.25) is 0 Å². The molecule has 0 saturated carbocycles. The minimum Gasteiger partial charge on any atom is -0.385 e. The number of ether oxygens (including phenoxy) is 1. The van der Waals surface area contributed by atoms with Crippen molar-refractivity contribution in [3.63, 3.8) is 0 Å². The molecule has 18 heavy (non-hydrogen) atoms. The number of hydrogen-bond acceptors (Lipinski definition) is 4. The van der Waals surface area contributed by atoms with Crippen molar-refractivity contribution in [3.8, 4) is 0 Å². The third-order valence-corrected chi connectivity index (χ3v) is 2.40. The first kappa shape index (κ1) is 14.7. The molecule has 1 rings (SSSR count). The molecule has 0 aliphatic carbocycles. The van der Waals surface area contributed by atoms with E-state index in [9.17, 15) is 13.2 Å². The summed E-state index contributed by atoms with van der Waals surface area (Å²) in [4.78, 5) is 3.71. The van der Waals surface area contributed by atoms with Crippen molar-refractivity contribution in [1.82, 2.24) is 4.98 Å². The molecule has 0 fully saturated rings. The fourth-order valence-corrected chi connectivity index (χ4v) is 1.37. The molecule has 7 heteroatoms. The molecular weight excluding hydrogens is 247 g/mol. The highest BCUT2D eigenvalue weighted by Crippen LogP contribution is 2.28. The van der Waals surface area contributed by atoms with Gasteiger partial charge in [-0.25, -0.2) is 4.98 Å². The van der Waals surface area contributed by atoms with Gasteiger partial charge in [-0.1, -0.05) is 0 Å². The van der Waals surface area contributed by atoms with Gasteiger partial charge in [0.1, 0.15) is 5.82 Å². The lowest BCUT2D eigenvalue weighted by Gasteiger charge is -2.17. The van der Waals surface area contributed by atoms with Crippen LogP contribution in [0.3, 0.4) is 0 Å². The van der Waals surface area contributed by atoms with Crippen molar-refractivity contribution in [3.05, 3.63) is 23.9 Å². The molecule has 0 bridgehead atoms. The van der Waals surface area contributed by atoms with Crippen molar-refractivity contribution in [1.29, 1.82) is 0 Å². The van der Waals surface area contributed by atoms with Crippen LogP contribution >= 0.6 is 0 Å². The van der Waals surface area contributed by atoms with Crippen LogP contribution in [0.2, 0.25) is 0 Å². The minimum absolute atomic E-state index is 0.0748. The zero-order chi connectivity index (χ0) is 13.6. The average Bonchev–Trinajstić information content (AvgIpc) is 2.34. The van der Waals surface area contributed by atoms with E-state index in [1.165, 1.54) is 6.07 Å². The summed E-state index contributed by atoms with van der Waals surface area (Å²) in [5.41, 5.74) is 4.77. The van der Waals surface area contributed by atoms with Crippen LogP contribution in [0, 0.1) is 0 Å². The van der Waals surface area contributed by atoms with Crippen LogP contribution in [-0.4, -0.2) is 31.3 Å². The number of halogens is 3. The van der Waals surface area contributed by atoms with Crippen LogP contribution < -0.4 is 11.1 Å². The number of methoxy groups -OCH3 is 1. The van der Waals surface area contributed by atoms with Crippen molar-refractivity contribution in [2.24, 2.45) is 5.73 Å². The summed E-state index contributed by atoms with van der Waals surface area (Å²) in [5, 5.41) is 2.96. The SMILES string of the molecule is COCCC(CN)Nc1ccc(C(F)(F)F)cn1. The number of pyridine rings is 1.